The van der Waals surface area contributed by atoms with Gasteiger partial charge in [-0.25, -0.2) is 4.39 Å². The van der Waals surface area contributed by atoms with Gasteiger partial charge in [0.25, 0.3) is 0 Å². The molecule has 2 aliphatic carbocycles. The van der Waals surface area contributed by atoms with Crippen molar-refractivity contribution in [2.75, 3.05) is 6.61 Å². The molecule has 2 saturated carbocycles. The number of halogens is 2. The second kappa shape index (κ2) is 10.1. The fourth-order valence-corrected chi connectivity index (χ4v) is 5.78. The molecule has 3 heteroatoms. The number of benzene rings is 1. The molecule has 152 valence electrons. The molecule has 2 aliphatic rings. The van der Waals surface area contributed by atoms with Crippen LogP contribution in [0.25, 0.3) is 0 Å². The van der Waals surface area contributed by atoms with E-state index < -0.39 is 0 Å². The highest BCUT2D eigenvalue weighted by atomic mass is 35.5. The molecule has 0 aromatic heterocycles. The summed E-state index contributed by atoms with van der Waals surface area (Å²) in [5.74, 6) is 3.09. The SMILES string of the molecule is CCCCC1CCC(C2CCC(c3ccc(OCC)c(F)c3Cl)CC2)CC1. The quantitative estimate of drug-likeness (QED) is 0.453. The normalized spacial score (nSPS) is 28.9. The van der Waals surface area contributed by atoms with Gasteiger partial charge >= 0.3 is 0 Å². The molecule has 2 fully saturated rings. The minimum absolute atomic E-state index is 0.278. The molecule has 0 bridgehead atoms. The first-order chi connectivity index (χ1) is 13.1. The van der Waals surface area contributed by atoms with E-state index in [1.807, 2.05) is 13.0 Å². The third-order valence-corrected chi connectivity index (χ3v) is 7.50. The van der Waals surface area contributed by atoms with E-state index in [9.17, 15) is 4.39 Å². The van der Waals surface area contributed by atoms with Gasteiger partial charge in [-0.15, -0.1) is 0 Å². The Hall–Kier alpha value is -0.760. The van der Waals surface area contributed by atoms with Crippen LogP contribution in [-0.4, -0.2) is 6.61 Å². The van der Waals surface area contributed by atoms with E-state index in [0.717, 1.165) is 36.2 Å². The zero-order valence-corrected chi connectivity index (χ0v) is 17.9. The number of ether oxygens (including phenoxy) is 1. The lowest BCUT2D eigenvalue weighted by molar-refractivity contribution is 0.156. The molecule has 0 spiro atoms. The van der Waals surface area contributed by atoms with Gasteiger partial charge in [-0.1, -0.05) is 56.7 Å². The van der Waals surface area contributed by atoms with Crippen LogP contribution in [0.2, 0.25) is 5.02 Å². The van der Waals surface area contributed by atoms with Gasteiger partial charge in [0.2, 0.25) is 0 Å². The third-order valence-electron chi connectivity index (χ3n) is 7.11. The molecule has 0 radical (unpaired) electrons. The van der Waals surface area contributed by atoms with E-state index in [1.165, 1.54) is 57.8 Å². The average molecular weight is 395 g/mol. The fraction of sp³-hybridized carbons (Fsp3) is 0.750. The van der Waals surface area contributed by atoms with E-state index in [0.29, 0.717) is 12.5 Å². The molecular weight excluding hydrogens is 359 g/mol. The Balaban J connectivity index is 1.52. The maximum absolute atomic E-state index is 14.4. The third kappa shape index (κ3) is 5.19. The van der Waals surface area contributed by atoms with E-state index in [4.69, 9.17) is 16.3 Å². The van der Waals surface area contributed by atoms with Crippen molar-refractivity contribution >= 4 is 11.6 Å². The smallest absolute Gasteiger partial charge is 0.183 e. The Morgan fingerprint density at radius 1 is 0.963 bits per heavy atom. The minimum Gasteiger partial charge on any atom is -0.491 e. The van der Waals surface area contributed by atoms with Crippen LogP contribution in [0, 0.1) is 23.6 Å². The second-order valence-corrected chi connectivity index (χ2v) is 9.13. The maximum atomic E-state index is 14.4. The van der Waals surface area contributed by atoms with Crippen molar-refractivity contribution in [2.24, 2.45) is 17.8 Å². The van der Waals surface area contributed by atoms with Crippen LogP contribution in [-0.2, 0) is 0 Å². The summed E-state index contributed by atoms with van der Waals surface area (Å²) in [6.45, 7) is 4.62. The summed E-state index contributed by atoms with van der Waals surface area (Å²) in [6, 6.07) is 3.74. The van der Waals surface area contributed by atoms with Gasteiger partial charge in [-0.05, 0) is 80.8 Å². The Morgan fingerprint density at radius 3 is 2.19 bits per heavy atom. The fourth-order valence-electron chi connectivity index (χ4n) is 5.47. The Morgan fingerprint density at radius 2 is 1.59 bits per heavy atom. The monoisotopic (exact) mass is 394 g/mol. The van der Waals surface area contributed by atoms with Crippen LogP contribution in [0.5, 0.6) is 5.75 Å². The zero-order valence-electron chi connectivity index (χ0n) is 17.1. The Labute approximate surface area is 170 Å². The van der Waals surface area contributed by atoms with Gasteiger partial charge in [0.1, 0.15) is 0 Å². The molecule has 0 heterocycles. The number of hydrogen-bond acceptors (Lipinski definition) is 1. The first-order valence-electron chi connectivity index (χ1n) is 11.2. The minimum atomic E-state index is -0.386. The summed E-state index contributed by atoms with van der Waals surface area (Å²) >= 11 is 6.36. The number of hydrogen-bond donors (Lipinski definition) is 0. The first kappa shape index (κ1) is 21.0. The van der Waals surface area contributed by atoms with Gasteiger partial charge in [0.15, 0.2) is 11.6 Å². The molecule has 1 aromatic rings. The van der Waals surface area contributed by atoms with Crippen LogP contribution in [0.1, 0.15) is 96.0 Å². The summed E-state index contributed by atoms with van der Waals surface area (Å²) in [5, 5.41) is 0.279. The summed E-state index contributed by atoms with van der Waals surface area (Å²) in [6.07, 6.45) is 14.8. The highest BCUT2D eigenvalue weighted by Gasteiger charge is 2.32. The van der Waals surface area contributed by atoms with Gasteiger partial charge < -0.3 is 4.74 Å². The number of rotatable bonds is 7. The summed E-state index contributed by atoms with van der Waals surface area (Å²) in [7, 11) is 0. The molecule has 0 N–H and O–H groups in total. The van der Waals surface area contributed by atoms with Crippen LogP contribution in [0.3, 0.4) is 0 Å². The molecular formula is C24H36ClFO. The lowest BCUT2D eigenvalue weighted by Crippen LogP contribution is -2.25. The lowest BCUT2D eigenvalue weighted by Gasteiger charge is -2.38. The zero-order chi connectivity index (χ0) is 19.2. The molecule has 0 unspecified atom stereocenters. The lowest BCUT2D eigenvalue weighted by atomic mass is 9.68. The van der Waals surface area contributed by atoms with Crippen LogP contribution in [0.15, 0.2) is 12.1 Å². The highest BCUT2D eigenvalue weighted by Crippen LogP contribution is 2.46. The standard InChI is InChI=1S/C24H36ClFO/c1-3-5-6-17-7-9-18(10-8-17)19-11-13-20(14-12-19)21-15-16-22(27-4-2)24(26)23(21)25/h15-20H,3-14H2,1-2H3. The van der Waals surface area contributed by atoms with Crippen molar-refractivity contribution in [1.29, 1.82) is 0 Å². The summed E-state index contributed by atoms with van der Waals surface area (Å²) in [4.78, 5) is 0. The Bertz CT molecular complexity index is 586. The van der Waals surface area contributed by atoms with Crippen molar-refractivity contribution in [2.45, 2.75) is 90.4 Å². The van der Waals surface area contributed by atoms with Crippen LogP contribution < -0.4 is 4.74 Å². The largest absolute Gasteiger partial charge is 0.491 e. The molecule has 0 saturated heterocycles. The molecule has 1 aromatic carbocycles. The summed E-state index contributed by atoms with van der Waals surface area (Å²) in [5.41, 5.74) is 0.986. The van der Waals surface area contributed by atoms with E-state index >= 15 is 0 Å². The first-order valence-corrected chi connectivity index (χ1v) is 11.6. The van der Waals surface area contributed by atoms with Crippen LogP contribution in [0.4, 0.5) is 4.39 Å². The predicted octanol–water partition coefficient (Wildman–Crippen LogP) is 8.15. The van der Waals surface area contributed by atoms with Crippen molar-refractivity contribution in [1.82, 2.24) is 0 Å². The highest BCUT2D eigenvalue weighted by molar-refractivity contribution is 6.31. The van der Waals surface area contributed by atoms with Crippen molar-refractivity contribution < 1.29 is 9.13 Å². The van der Waals surface area contributed by atoms with Gasteiger partial charge in [0.05, 0.1) is 11.6 Å². The number of unbranched alkanes of at least 4 members (excludes halogenated alkanes) is 1. The molecule has 0 amide bonds. The van der Waals surface area contributed by atoms with Gasteiger partial charge in [0, 0.05) is 0 Å². The molecule has 3 rings (SSSR count). The molecule has 1 nitrogen and oxygen atoms in total. The molecule has 0 atom stereocenters. The van der Waals surface area contributed by atoms with E-state index in [1.54, 1.807) is 6.07 Å². The summed E-state index contributed by atoms with van der Waals surface area (Å²) < 4.78 is 19.8. The predicted molar refractivity (Wildman–Crippen MR) is 112 cm³/mol. The van der Waals surface area contributed by atoms with E-state index in [2.05, 4.69) is 6.92 Å². The molecule has 27 heavy (non-hydrogen) atoms. The average Bonchev–Trinajstić information content (AvgIpc) is 2.71. The Kier molecular flexibility index (Phi) is 7.87. The van der Waals surface area contributed by atoms with Crippen molar-refractivity contribution in [3.05, 3.63) is 28.5 Å². The molecule has 0 aliphatic heterocycles. The van der Waals surface area contributed by atoms with Crippen molar-refractivity contribution in [3.63, 3.8) is 0 Å². The maximum Gasteiger partial charge on any atom is 0.183 e. The van der Waals surface area contributed by atoms with E-state index in [-0.39, 0.29) is 16.6 Å². The van der Waals surface area contributed by atoms with Crippen LogP contribution >= 0.6 is 11.6 Å². The van der Waals surface area contributed by atoms with Gasteiger partial charge in [-0.2, -0.15) is 0 Å². The van der Waals surface area contributed by atoms with Crippen molar-refractivity contribution in [3.8, 4) is 5.75 Å². The van der Waals surface area contributed by atoms with Gasteiger partial charge in [-0.3, -0.25) is 0 Å². The second-order valence-electron chi connectivity index (χ2n) is 8.75. The topological polar surface area (TPSA) is 9.23 Å².